The van der Waals surface area contributed by atoms with Crippen LogP contribution in [-0.2, 0) is 6.18 Å². The summed E-state index contributed by atoms with van der Waals surface area (Å²) in [5, 5.41) is 2.62. The van der Waals surface area contributed by atoms with Crippen molar-refractivity contribution in [3.63, 3.8) is 0 Å². The molecule has 0 aliphatic heterocycles. The average Bonchev–Trinajstić information content (AvgIpc) is 2.32. The summed E-state index contributed by atoms with van der Waals surface area (Å²) in [6.45, 7) is 1.18. The molecule has 9 heteroatoms. The normalized spacial score (nSPS) is 11.7. The zero-order valence-corrected chi connectivity index (χ0v) is 9.97. The van der Waals surface area contributed by atoms with Gasteiger partial charge < -0.3 is 10.1 Å². The number of nitrogens with zero attached hydrogens (tertiary/aromatic N) is 2. The molecule has 1 aromatic rings. The average molecular weight is 285 g/mol. The van der Waals surface area contributed by atoms with Crippen molar-refractivity contribution in [2.45, 2.75) is 25.9 Å². The summed E-state index contributed by atoms with van der Waals surface area (Å²) in [5.74, 6) is -2.09. The van der Waals surface area contributed by atoms with Crippen LogP contribution in [0, 0.1) is 0 Å². The van der Waals surface area contributed by atoms with Crippen LogP contribution in [0.1, 0.15) is 19.2 Å². The highest BCUT2D eigenvalue weighted by Gasteiger charge is 2.35. The summed E-state index contributed by atoms with van der Waals surface area (Å²) in [6, 6.07) is 1.05. The Labute approximate surface area is 106 Å². The van der Waals surface area contributed by atoms with Crippen molar-refractivity contribution in [2.75, 3.05) is 18.5 Å². The predicted octanol–water partition coefficient (Wildman–Crippen LogP) is 2.96. The number of ether oxygens (including phenoxy) is 1. The number of halogens is 5. The molecule has 0 unspecified atom stereocenters. The molecule has 0 aliphatic rings. The zero-order chi connectivity index (χ0) is 14.5. The van der Waals surface area contributed by atoms with Gasteiger partial charge in [-0.25, -0.2) is 13.8 Å². The second kappa shape index (κ2) is 6.48. The topological polar surface area (TPSA) is 47.0 Å². The Kier molecular flexibility index (Phi) is 5.25. The molecule has 1 heterocycles. The minimum atomic E-state index is -4.77. The first-order valence-electron chi connectivity index (χ1n) is 5.44. The molecule has 0 amide bonds. The van der Waals surface area contributed by atoms with E-state index in [4.69, 9.17) is 0 Å². The van der Waals surface area contributed by atoms with Crippen LogP contribution in [0.3, 0.4) is 0 Å². The predicted molar refractivity (Wildman–Crippen MR) is 57.3 cm³/mol. The van der Waals surface area contributed by atoms with E-state index < -0.39 is 30.9 Å². The Morgan fingerprint density at radius 2 is 2.00 bits per heavy atom. The molecule has 19 heavy (non-hydrogen) atoms. The summed E-state index contributed by atoms with van der Waals surface area (Å²) in [5.41, 5.74) is 0. The van der Waals surface area contributed by atoms with E-state index in [1.54, 1.807) is 0 Å². The first kappa shape index (κ1) is 15.4. The fourth-order valence-electron chi connectivity index (χ4n) is 1.12. The molecule has 0 radical (unpaired) electrons. The number of rotatable bonds is 6. The minimum absolute atomic E-state index is 0.117. The smallest absolute Gasteiger partial charge is 0.451 e. The van der Waals surface area contributed by atoms with Crippen molar-refractivity contribution < 1.29 is 26.7 Å². The molecule has 0 saturated carbocycles. The van der Waals surface area contributed by atoms with Gasteiger partial charge in [-0.05, 0) is 6.42 Å². The van der Waals surface area contributed by atoms with Gasteiger partial charge in [-0.15, -0.1) is 0 Å². The van der Waals surface area contributed by atoms with Crippen LogP contribution in [0.5, 0.6) is 5.88 Å². The van der Waals surface area contributed by atoms with Crippen LogP contribution in [0.2, 0.25) is 0 Å². The van der Waals surface area contributed by atoms with Gasteiger partial charge >= 0.3 is 6.18 Å². The zero-order valence-electron chi connectivity index (χ0n) is 9.97. The number of hydrogen-bond donors (Lipinski definition) is 1. The third-order valence-electron chi connectivity index (χ3n) is 1.87. The van der Waals surface area contributed by atoms with Crippen LogP contribution in [0.25, 0.3) is 0 Å². The molecule has 0 atom stereocenters. The van der Waals surface area contributed by atoms with Gasteiger partial charge in [0.1, 0.15) is 5.82 Å². The van der Waals surface area contributed by atoms with Crippen molar-refractivity contribution in [1.29, 1.82) is 0 Å². The Balaban J connectivity index is 2.95. The maximum atomic E-state index is 12.5. The molecule has 4 nitrogen and oxygen atoms in total. The van der Waals surface area contributed by atoms with Gasteiger partial charge in [0.05, 0.1) is 0 Å². The van der Waals surface area contributed by atoms with Gasteiger partial charge in [0.2, 0.25) is 11.7 Å². The molecule has 0 fully saturated rings. The standard InChI is InChI=1S/C10H12F5N3O/c1-2-3-16-7-4-8(19-5-6(11)12)18-9(17-7)10(13,14)15/h4,6H,2-3,5H2,1H3,(H,16,17,18). The lowest BCUT2D eigenvalue weighted by atomic mass is 10.4. The largest absolute Gasteiger partial charge is 0.471 e. The Morgan fingerprint density at radius 1 is 1.32 bits per heavy atom. The van der Waals surface area contributed by atoms with Crippen LogP contribution in [0.15, 0.2) is 6.07 Å². The summed E-state index contributed by atoms with van der Waals surface area (Å²) in [6.07, 6.45) is -6.90. The van der Waals surface area contributed by atoms with Gasteiger partial charge in [-0.1, -0.05) is 6.92 Å². The molecule has 1 rings (SSSR count). The number of nitrogens with one attached hydrogen (secondary N) is 1. The van der Waals surface area contributed by atoms with Gasteiger partial charge in [0.25, 0.3) is 6.43 Å². The van der Waals surface area contributed by atoms with Crippen LogP contribution in [0.4, 0.5) is 27.8 Å². The molecule has 0 bridgehead atoms. The first-order chi connectivity index (χ1) is 8.82. The molecule has 0 aromatic carbocycles. The summed E-state index contributed by atoms with van der Waals surface area (Å²) in [4.78, 5) is 6.31. The van der Waals surface area contributed by atoms with E-state index in [-0.39, 0.29) is 5.82 Å². The Bertz CT molecular complexity index is 411. The molecule has 1 aromatic heterocycles. The number of aromatic nitrogens is 2. The van der Waals surface area contributed by atoms with E-state index in [9.17, 15) is 22.0 Å². The maximum Gasteiger partial charge on any atom is 0.451 e. The summed E-state index contributed by atoms with van der Waals surface area (Å²) >= 11 is 0. The second-order valence-electron chi connectivity index (χ2n) is 3.54. The highest BCUT2D eigenvalue weighted by Crippen LogP contribution is 2.28. The van der Waals surface area contributed by atoms with E-state index in [2.05, 4.69) is 20.0 Å². The fraction of sp³-hybridized carbons (Fsp3) is 0.600. The van der Waals surface area contributed by atoms with E-state index in [1.807, 2.05) is 6.92 Å². The van der Waals surface area contributed by atoms with Gasteiger partial charge in [-0.3, -0.25) is 0 Å². The lowest BCUT2D eigenvalue weighted by Crippen LogP contribution is -2.16. The Morgan fingerprint density at radius 3 is 2.53 bits per heavy atom. The molecule has 108 valence electrons. The maximum absolute atomic E-state index is 12.5. The molecule has 0 spiro atoms. The quantitative estimate of drug-likeness (QED) is 0.816. The van der Waals surface area contributed by atoms with E-state index in [0.717, 1.165) is 6.07 Å². The van der Waals surface area contributed by atoms with Gasteiger partial charge in [0.15, 0.2) is 6.61 Å². The van der Waals surface area contributed by atoms with Crippen molar-refractivity contribution in [3.8, 4) is 5.88 Å². The summed E-state index contributed by atoms with van der Waals surface area (Å²) < 4.78 is 65.9. The third-order valence-corrected chi connectivity index (χ3v) is 1.87. The number of hydrogen-bond acceptors (Lipinski definition) is 4. The monoisotopic (exact) mass is 285 g/mol. The molecule has 0 saturated heterocycles. The molecular weight excluding hydrogens is 273 g/mol. The Hall–Kier alpha value is -1.67. The highest BCUT2D eigenvalue weighted by atomic mass is 19.4. The van der Waals surface area contributed by atoms with E-state index in [1.165, 1.54) is 0 Å². The van der Waals surface area contributed by atoms with Crippen LogP contribution in [-0.4, -0.2) is 29.5 Å². The third kappa shape index (κ3) is 5.23. The van der Waals surface area contributed by atoms with Crippen LogP contribution < -0.4 is 10.1 Å². The highest BCUT2D eigenvalue weighted by molar-refractivity contribution is 5.38. The molecular formula is C10H12F5N3O. The fourth-order valence-corrected chi connectivity index (χ4v) is 1.12. The minimum Gasteiger partial charge on any atom is -0.471 e. The van der Waals surface area contributed by atoms with Crippen LogP contribution >= 0.6 is 0 Å². The lowest BCUT2D eigenvalue weighted by molar-refractivity contribution is -0.145. The van der Waals surface area contributed by atoms with E-state index in [0.29, 0.717) is 13.0 Å². The van der Waals surface area contributed by atoms with Crippen molar-refractivity contribution in [1.82, 2.24) is 9.97 Å². The molecule has 0 aliphatic carbocycles. The van der Waals surface area contributed by atoms with Crippen molar-refractivity contribution in [3.05, 3.63) is 11.9 Å². The van der Waals surface area contributed by atoms with Crippen molar-refractivity contribution in [2.24, 2.45) is 0 Å². The summed E-state index contributed by atoms with van der Waals surface area (Å²) in [7, 11) is 0. The SMILES string of the molecule is CCCNc1cc(OCC(F)F)nc(C(F)(F)F)n1. The van der Waals surface area contributed by atoms with Crippen molar-refractivity contribution >= 4 is 5.82 Å². The first-order valence-corrected chi connectivity index (χ1v) is 5.44. The number of anilines is 1. The second-order valence-corrected chi connectivity index (χ2v) is 3.54. The van der Waals surface area contributed by atoms with E-state index >= 15 is 0 Å². The molecule has 1 N–H and O–H groups in total. The number of alkyl halides is 5. The van der Waals surface area contributed by atoms with Gasteiger partial charge in [0, 0.05) is 12.6 Å². The lowest BCUT2D eigenvalue weighted by Gasteiger charge is -2.11. The van der Waals surface area contributed by atoms with Gasteiger partial charge in [-0.2, -0.15) is 18.2 Å².